The van der Waals surface area contributed by atoms with Crippen molar-refractivity contribution in [2.45, 2.75) is 67.0 Å². The molecule has 10 atom stereocenters. The van der Waals surface area contributed by atoms with Gasteiger partial charge in [0.15, 0.2) is 28.9 Å². The second-order valence-electron chi connectivity index (χ2n) is 14.3. The standard InChI is InChI=1S/C39H32F5NO16/c40-24-23(25(41)27(43)28(44)26(24)42)35(54)45-12-1-4-16-15(7-12)36(55)61-39(16)17-5-2-13(56-37-33(52)31(50)29(48)21(10-46)59-37)8-19(17)58-20-9-14(3-6-18(20)39)57-38-34(53)32(51)30(49)22(11-47)60-38/h1-9,21-22,29-34,37-38,46-53H,10-11H2,(H,45,54)/t21-,22-,29+,30+,31+,32+,33-,34-,37-,38-/m1/s1. The van der Waals surface area contributed by atoms with E-state index in [4.69, 9.17) is 28.4 Å². The molecular weight excluding hydrogens is 833 g/mol. The van der Waals surface area contributed by atoms with Crippen molar-refractivity contribution in [3.63, 3.8) is 0 Å². The Morgan fingerprint density at radius 2 is 1.08 bits per heavy atom. The average Bonchev–Trinajstić information content (AvgIpc) is 3.53. The van der Waals surface area contributed by atoms with Gasteiger partial charge in [0.05, 0.1) is 18.8 Å². The van der Waals surface area contributed by atoms with Gasteiger partial charge in [-0.25, -0.2) is 26.7 Å². The first kappa shape index (κ1) is 42.2. The zero-order valence-electron chi connectivity index (χ0n) is 30.6. The summed E-state index contributed by atoms with van der Waals surface area (Å²) in [6.07, 6.45) is -16.5. The van der Waals surface area contributed by atoms with Crippen LogP contribution in [0.3, 0.4) is 0 Å². The molecule has 0 aliphatic carbocycles. The molecule has 4 aliphatic rings. The number of carbonyl (C=O) groups excluding carboxylic acids is 2. The van der Waals surface area contributed by atoms with Gasteiger partial charge < -0.3 is 74.6 Å². The smallest absolute Gasteiger partial charge is 0.340 e. The molecule has 1 amide bonds. The van der Waals surface area contributed by atoms with Crippen LogP contribution >= 0.6 is 0 Å². The Morgan fingerprint density at radius 1 is 0.623 bits per heavy atom. The van der Waals surface area contributed by atoms with Crippen LogP contribution in [0.4, 0.5) is 27.6 Å². The molecular formula is C39H32F5NO16. The van der Waals surface area contributed by atoms with Crippen molar-refractivity contribution in [3.05, 3.63) is 112 Å². The molecule has 4 aliphatic heterocycles. The summed E-state index contributed by atoms with van der Waals surface area (Å²) >= 11 is 0. The second-order valence-corrected chi connectivity index (χ2v) is 14.3. The number of aliphatic hydroxyl groups is 8. The summed E-state index contributed by atoms with van der Waals surface area (Å²) in [6, 6.07) is 11.4. The van der Waals surface area contributed by atoms with Crippen LogP contribution in [0.1, 0.15) is 37.4 Å². The number of ether oxygens (including phenoxy) is 6. The number of amides is 1. The van der Waals surface area contributed by atoms with Crippen molar-refractivity contribution in [2.24, 2.45) is 0 Å². The Bertz CT molecular complexity index is 2300. The molecule has 0 saturated carbocycles. The third kappa shape index (κ3) is 6.80. The molecule has 17 nitrogen and oxygen atoms in total. The van der Waals surface area contributed by atoms with Gasteiger partial charge in [-0.2, -0.15) is 0 Å². The number of esters is 1. The van der Waals surface area contributed by atoms with E-state index in [0.717, 1.165) is 12.1 Å². The molecule has 8 rings (SSSR count). The third-order valence-electron chi connectivity index (χ3n) is 10.6. The van der Waals surface area contributed by atoms with Crippen LogP contribution < -0.4 is 19.5 Å². The monoisotopic (exact) mass is 865 g/mol. The molecule has 61 heavy (non-hydrogen) atoms. The van der Waals surface area contributed by atoms with E-state index in [-0.39, 0.29) is 50.9 Å². The Balaban J connectivity index is 1.18. The van der Waals surface area contributed by atoms with Crippen molar-refractivity contribution in [1.29, 1.82) is 0 Å². The highest BCUT2D eigenvalue weighted by atomic mass is 19.2. The first-order chi connectivity index (χ1) is 29.0. The second kappa shape index (κ2) is 15.7. The highest BCUT2D eigenvalue weighted by molar-refractivity contribution is 6.06. The maximum atomic E-state index is 14.5. The lowest BCUT2D eigenvalue weighted by atomic mass is 9.77. The van der Waals surface area contributed by atoms with E-state index in [9.17, 15) is 72.4 Å². The molecule has 1 spiro atoms. The van der Waals surface area contributed by atoms with Crippen molar-refractivity contribution in [2.75, 3.05) is 18.5 Å². The number of anilines is 1. The molecule has 324 valence electrons. The molecule has 4 heterocycles. The van der Waals surface area contributed by atoms with Crippen molar-refractivity contribution >= 4 is 17.6 Å². The Labute approximate surface area is 338 Å². The minimum absolute atomic E-state index is 0.0720. The third-order valence-corrected chi connectivity index (χ3v) is 10.6. The predicted octanol–water partition coefficient (Wildman–Crippen LogP) is 0.560. The number of carbonyl (C=O) groups is 2. The average molecular weight is 866 g/mol. The van der Waals surface area contributed by atoms with Crippen LogP contribution in [0.5, 0.6) is 23.0 Å². The van der Waals surface area contributed by atoms with Gasteiger partial charge in [0.1, 0.15) is 77.4 Å². The molecule has 0 unspecified atom stereocenters. The Kier molecular flexibility index (Phi) is 10.9. The Morgan fingerprint density at radius 3 is 1.56 bits per heavy atom. The van der Waals surface area contributed by atoms with Gasteiger partial charge in [0.2, 0.25) is 18.4 Å². The number of nitrogens with one attached hydrogen (secondary N) is 1. The number of aliphatic hydroxyl groups excluding tert-OH is 8. The van der Waals surface area contributed by atoms with Crippen molar-refractivity contribution in [3.8, 4) is 23.0 Å². The van der Waals surface area contributed by atoms with Gasteiger partial charge in [-0.1, -0.05) is 6.07 Å². The fraction of sp³-hybridized carbons (Fsp3) is 0.333. The summed E-state index contributed by atoms with van der Waals surface area (Å²) in [6.45, 7) is -1.50. The van der Waals surface area contributed by atoms with Crippen LogP contribution in [0.15, 0.2) is 54.6 Å². The molecule has 4 aromatic carbocycles. The van der Waals surface area contributed by atoms with E-state index in [1.165, 1.54) is 42.5 Å². The van der Waals surface area contributed by atoms with E-state index in [0.29, 0.717) is 0 Å². The molecule has 9 N–H and O–H groups in total. The van der Waals surface area contributed by atoms with Gasteiger partial charge in [0, 0.05) is 34.5 Å². The number of fused-ring (bicyclic) bond motifs is 6. The van der Waals surface area contributed by atoms with E-state index in [1.54, 1.807) is 0 Å². The highest BCUT2D eigenvalue weighted by Gasteiger charge is 2.54. The lowest BCUT2D eigenvalue weighted by molar-refractivity contribution is -0.277. The number of hydrogen-bond acceptors (Lipinski definition) is 16. The summed E-state index contributed by atoms with van der Waals surface area (Å²) in [5, 5.41) is 83.4. The van der Waals surface area contributed by atoms with Crippen LogP contribution in [0.2, 0.25) is 0 Å². The van der Waals surface area contributed by atoms with Crippen LogP contribution in [0, 0.1) is 29.1 Å². The summed E-state index contributed by atoms with van der Waals surface area (Å²) in [4.78, 5) is 26.6. The Hall–Kier alpha value is -5.53. The molecule has 2 saturated heterocycles. The SMILES string of the molecule is O=C1OC2(c3ccc(O[C@@H]4O[C@H](CO)[C@H](O)[C@H](O)[C@H]4O)cc3Oc3cc(O[C@@H]4O[C@H](CO)[C@H](O)[C@H](O)[C@H]4O)ccc32)c2ccc(NC(=O)c3c(F)c(F)c(F)c(F)c3F)cc21. The zero-order chi connectivity index (χ0) is 43.8. The van der Waals surface area contributed by atoms with Crippen molar-refractivity contribution in [1.82, 2.24) is 0 Å². The molecule has 2 fully saturated rings. The maximum absolute atomic E-state index is 14.5. The van der Waals surface area contributed by atoms with Crippen LogP contribution in [-0.4, -0.2) is 127 Å². The fourth-order valence-electron chi connectivity index (χ4n) is 7.51. The van der Waals surface area contributed by atoms with Crippen LogP contribution in [-0.2, 0) is 19.8 Å². The first-order valence-electron chi connectivity index (χ1n) is 18.1. The summed E-state index contributed by atoms with van der Waals surface area (Å²) in [7, 11) is 0. The largest absolute Gasteiger partial charge is 0.462 e. The lowest BCUT2D eigenvalue weighted by Crippen LogP contribution is -2.60. The number of rotatable bonds is 8. The van der Waals surface area contributed by atoms with Gasteiger partial charge in [-0.3, -0.25) is 4.79 Å². The summed E-state index contributed by atoms with van der Waals surface area (Å²) in [5.74, 6) is -15.1. The quantitative estimate of drug-likeness (QED) is 0.0507. The molecule has 0 bridgehead atoms. The van der Waals surface area contributed by atoms with E-state index >= 15 is 0 Å². The molecule has 0 aromatic heterocycles. The van der Waals surface area contributed by atoms with E-state index < -0.39 is 127 Å². The minimum Gasteiger partial charge on any atom is -0.462 e. The fourth-order valence-corrected chi connectivity index (χ4v) is 7.51. The number of hydrogen-bond donors (Lipinski definition) is 9. The van der Waals surface area contributed by atoms with Gasteiger partial charge >= 0.3 is 5.97 Å². The van der Waals surface area contributed by atoms with Crippen LogP contribution in [0.25, 0.3) is 0 Å². The van der Waals surface area contributed by atoms with Gasteiger partial charge in [-0.05, 0) is 36.4 Å². The molecule has 4 aromatic rings. The predicted molar refractivity (Wildman–Crippen MR) is 188 cm³/mol. The zero-order valence-corrected chi connectivity index (χ0v) is 30.6. The molecule has 22 heteroatoms. The summed E-state index contributed by atoms with van der Waals surface area (Å²) < 4.78 is 105. The highest BCUT2D eigenvalue weighted by Crippen LogP contribution is 2.57. The minimum atomic E-state index is -2.48. The lowest BCUT2D eigenvalue weighted by Gasteiger charge is -2.40. The van der Waals surface area contributed by atoms with Gasteiger partial charge in [0.25, 0.3) is 5.91 Å². The normalized spacial score (nSPS) is 28.6. The van der Waals surface area contributed by atoms with Crippen molar-refractivity contribution < 1.29 is 101 Å². The maximum Gasteiger partial charge on any atom is 0.340 e. The topological polar surface area (TPSA) is 263 Å². The van der Waals surface area contributed by atoms with Gasteiger partial charge in [-0.15, -0.1) is 0 Å². The van der Waals surface area contributed by atoms with E-state index in [2.05, 4.69) is 0 Å². The molecule has 0 radical (unpaired) electrons. The first-order valence-corrected chi connectivity index (χ1v) is 18.1. The number of benzene rings is 4. The van der Waals surface area contributed by atoms with E-state index in [1.807, 2.05) is 5.32 Å². The number of halogens is 5. The summed E-state index contributed by atoms with van der Waals surface area (Å²) in [5.41, 5.74) is -3.99.